The van der Waals surface area contributed by atoms with Crippen LogP contribution in [-0.2, 0) is 0 Å². The predicted molar refractivity (Wildman–Crippen MR) is 219 cm³/mol. The summed E-state index contributed by atoms with van der Waals surface area (Å²) in [5.74, 6) is 0. The zero-order chi connectivity index (χ0) is 35.1. The van der Waals surface area contributed by atoms with E-state index in [2.05, 4.69) is 184 Å². The van der Waals surface area contributed by atoms with Crippen LogP contribution in [0.5, 0.6) is 0 Å². The lowest BCUT2D eigenvalue weighted by molar-refractivity contribution is 0.664. The van der Waals surface area contributed by atoms with Gasteiger partial charge in [-0.3, -0.25) is 9.98 Å². The molecule has 2 aliphatic heterocycles. The Morgan fingerprint density at radius 1 is 0.472 bits per heavy atom. The zero-order valence-corrected chi connectivity index (χ0v) is 28.9. The molecule has 0 saturated carbocycles. The molecule has 3 heterocycles. The first-order valence-corrected chi connectivity index (χ1v) is 18.0. The number of aliphatic imine (C=N–C) groups is 1. The zero-order valence-electron chi connectivity index (χ0n) is 28.9. The standard InChI is InChI=1S/C48H35N5/c1-4-12-34(13-5-1)43-30-44(51-47(50-43)36-14-6-2-7-15-36)35-24-20-32(21-25-35)33-22-26-37(27-23-33)48-52-45-42-31-49-29-28-40(42)39-18-10-11-19-41(39)46(45)53(48)38-16-8-3-9-17-38/h1-31,47-48,51-52H. The van der Waals surface area contributed by atoms with Crippen LogP contribution in [0.2, 0.25) is 0 Å². The van der Waals surface area contributed by atoms with Crippen LogP contribution in [0.15, 0.2) is 193 Å². The van der Waals surface area contributed by atoms with E-state index in [0.29, 0.717) is 0 Å². The monoisotopic (exact) mass is 681 g/mol. The molecule has 10 rings (SSSR count). The second-order valence-corrected chi connectivity index (χ2v) is 13.5. The van der Waals surface area contributed by atoms with Crippen molar-refractivity contribution < 1.29 is 0 Å². The van der Waals surface area contributed by atoms with Crippen LogP contribution in [0.25, 0.3) is 38.4 Å². The van der Waals surface area contributed by atoms with Crippen molar-refractivity contribution in [1.82, 2.24) is 10.3 Å². The smallest absolute Gasteiger partial charge is 0.145 e. The largest absolute Gasteiger partial charge is 0.360 e. The second kappa shape index (κ2) is 13.0. The van der Waals surface area contributed by atoms with E-state index in [4.69, 9.17) is 4.99 Å². The number of hydrogen-bond donors (Lipinski definition) is 2. The van der Waals surface area contributed by atoms with Crippen LogP contribution in [-0.4, -0.2) is 10.7 Å². The number of aromatic nitrogens is 1. The lowest BCUT2D eigenvalue weighted by atomic mass is 9.98. The number of hydrogen-bond acceptors (Lipinski definition) is 5. The third-order valence-electron chi connectivity index (χ3n) is 10.4. The molecule has 0 radical (unpaired) electrons. The molecule has 1 aromatic heterocycles. The van der Waals surface area contributed by atoms with Gasteiger partial charge in [-0.05, 0) is 68.4 Å². The van der Waals surface area contributed by atoms with Gasteiger partial charge in [-0.2, -0.15) is 0 Å². The molecule has 252 valence electrons. The number of fused-ring (bicyclic) bond motifs is 6. The molecule has 2 N–H and O–H groups in total. The van der Waals surface area contributed by atoms with Gasteiger partial charge in [-0.1, -0.05) is 152 Å². The highest BCUT2D eigenvalue weighted by atomic mass is 15.3. The fraction of sp³-hybridized carbons (Fsp3) is 0.0417. The minimum atomic E-state index is -0.170. The fourth-order valence-electron chi connectivity index (χ4n) is 7.80. The van der Waals surface area contributed by atoms with Gasteiger partial charge >= 0.3 is 0 Å². The number of nitrogens with one attached hydrogen (secondary N) is 2. The van der Waals surface area contributed by atoms with Crippen LogP contribution in [0.1, 0.15) is 34.6 Å². The van der Waals surface area contributed by atoms with Gasteiger partial charge < -0.3 is 15.5 Å². The number of nitrogens with zero attached hydrogens (tertiary/aromatic N) is 3. The first kappa shape index (κ1) is 30.8. The van der Waals surface area contributed by atoms with E-state index in [1.807, 2.05) is 24.5 Å². The summed E-state index contributed by atoms with van der Waals surface area (Å²) in [5, 5.41) is 12.4. The van der Waals surface area contributed by atoms with Crippen molar-refractivity contribution in [2.24, 2.45) is 4.99 Å². The lowest BCUT2D eigenvalue weighted by Crippen LogP contribution is -2.24. The number of benzene rings is 7. The molecule has 5 nitrogen and oxygen atoms in total. The Kier molecular flexibility index (Phi) is 7.54. The molecular formula is C48H35N5. The molecule has 0 saturated heterocycles. The van der Waals surface area contributed by atoms with Crippen molar-refractivity contribution in [3.05, 3.63) is 211 Å². The van der Waals surface area contributed by atoms with E-state index < -0.39 is 0 Å². The van der Waals surface area contributed by atoms with Crippen molar-refractivity contribution >= 4 is 50.0 Å². The predicted octanol–water partition coefficient (Wildman–Crippen LogP) is 11.4. The van der Waals surface area contributed by atoms with Gasteiger partial charge in [0.15, 0.2) is 0 Å². The van der Waals surface area contributed by atoms with E-state index in [1.165, 1.54) is 38.5 Å². The van der Waals surface area contributed by atoms with Crippen molar-refractivity contribution in [3.8, 4) is 11.1 Å². The minimum absolute atomic E-state index is 0.0969. The Morgan fingerprint density at radius 3 is 1.81 bits per heavy atom. The maximum atomic E-state index is 5.09. The van der Waals surface area contributed by atoms with Gasteiger partial charge in [0.1, 0.15) is 12.3 Å². The van der Waals surface area contributed by atoms with Gasteiger partial charge in [-0.15, -0.1) is 0 Å². The van der Waals surface area contributed by atoms with Gasteiger partial charge in [-0.25, -0.2) is 0 Å². The Bertz CT molecular complexity index is 2650. The first-order valence-electron chi connectivity index (χ1n) is 18.0. The molecule has 5 heteroatoms. The molecule has 8 aromatic rings. The lowest BCUT2D eigenvalue weighted by Gasteiger charge is -2.28. The molecule has 0 fully saturated rings. The summed E-state index contributed by atoms with van der Waals surface area (Å²) in [4.78, 5) is 12.1. The van der Waals surface area contributed by atoms with Crippen molar-refractivity contribution in [2.75, 3.05) is 10.2 Å². The van der Waals surface area contributed by atoms with E-state index in [1.54, 1.807) is 0 Å². The summed E-state index contributed by atoms with van der Waals surface area (Å²) in [6.07, 6.45) is 5.76. The maximum Gasteiger partial charge on any atom is 0.145 e. The topological polar surface area (TPSA) is 52.6 Å². The number of para-hydroxylation sites is 1. The number of allylic oxidation sites excluding steroid dienone is 1. The Balaban J connectivity index is 0.978. The Labute approximate surface area is 308 Å². The van der Waals surface area contributed by atoms with Crippen molar-refractivity contribution in [1.29, 1.82) is 0 Å². The normalized spacial score (nSPS) is 16.4. The van der Waals surface area contributed by atoms with Gasteiger partial charge in [0.05, 0.1) is 17.1 Å². The van der Waals surface area contributed by atoms with Crippen LogP contribution in [0, 0.1) is 0 Å². The van der Waals surface area contributed by atoms with Crippen molar-refractivity contribution in [2.45, 2.75) is 12.3 Å². The summed E-state index contributed by atoms with van der Waals surface area (Å²) in [7, 11) is 0. The minimum Gasteiger partial charge on any atom is -0.360 e. The average molecular weight is 682 g/mol. The third kappa shape index (κ3) is 5.51. The summed E-state index contributed by atoms with van der Waals surface area (Å²) in [6, 6.07) is 60.1. The molecule has 0 amide bonds. The van der Waals surface area contributed by atoms with E-state index in [-0.39, 0.29) is 12.3 Å². The van der Waals surface area contributed by atoms with Crippen LogP contribution < -0.4 is 15.5 Å². The highest BCUT2D eigenvalue weighted by Gasteiger charge is 2.34. The van der Waals surface area contributed by atoms with Crippen molar-refractivity contribution in [3.63, 3.8) is 0 Å². The summed E-state index contributed by atoms with van der Waals surface area (Å²) < 4.78 is 0. The summed E-state index contributed by atoms with van der Waals surface area (Å²) in [5.41, 5.74) is 12.3. The summed E-state index contributed by atoms with van der Waals surface area (Å²) >= 11 is 0. The average Bonchev–Trinajstić information content (AvgIpc) is 3.66. The third-order valence-corrected chi connectivity index (χ3v) is 10.4. The molecule has 0 aliphatic carbocycles. The summed E-state index contributed by atoms with van der Waals surface area (Å²) in [6.45, 7) is 0. The Hall–Kier alpha value is -6.98. The van der Waals surface area contributed by atoms with E-state index in [9.17, 15) is 0 Å². The van der Waals surface area contributed by atoms with Crippen LogP contribution >= 0.6 is 0 Å². The van der Waals surface area contributed by atoms with E-state index in [0.717, 1.165) is 44.9 Å². The quantitative estimate of drug-likeness (QED) is 0.172. The fourth-order valence-corrected chi connectivity index (χ4v) is 7.80. The highest BCUT2D eigenvalue weighted by molar-refractivity contribution is 6.22. The first-order chi connectivity index (χ1) is 26.3. The molecule has 2 unspecified atom stereocenters. The molecule has 2 aliphatic rings. The van der Waals surface area contributed by atoms with Crippen LogP contribution in [0.3, 0.4) is 0 Å². The van der Waals surface area contributed by atoms with Gasteiger partial charge in [0.25, 0.3) is 0 Å². The second-order valence-electron chi connectivity index (χ2n) is 13.5. The van der Waals surface area contributed by atoms with E-state index >= 15 is 0 Å². The Morgan fingerprint density at radius 2 is 1.08 bits per heavy atom. The number of rotatable bonds is 6. The van der Waals surface area contributed by atoms with Crippen LogP contribution in [0.4, 0.5) is 17.1 Å². The molecule has 7 aromatic carbocycles. The maximum absolute atomic E-state index is 5.09. The van der Waals surface area contributed by atoms with Gasteiger partial charge in [0.2, 0.25) is 0 Å². The molecule has 53 heavy (non-hydrogen) atoms. The molecule has 0 bridgehead atoms. The van der Waals surface area contributed by atoms with Gasteiger partial charge in [0, 0.05) is 34.6 Å². The highest BCUT2D eigenvalue weighted by Crippen LogP contribution is 2.53. The molecule has 2 atom stereocenters. The molecule has 0 spiro atoms. The number of anilines is 3. The molecular weight excluding hydrogens is 647 g/mol. The number of pyridine rings is 1. The SMILES string of the molecule is C1=C(c2ccc(-c3ccc(C4Nc5c(c6ccccc6c6ccncc56)N4c4ccccc4)cc3)cc2)NC(c2ccccc2)N=C1c1ccccc1.